The largest absolute Gasteiger partial charge is 0.462 e. The molecule has 3 heterocycles. The number of aryl methyl sites for hydroxylation is 2. The number of halogens is 1. The summed E-state index contributed by atoms with van der Waals surface area (Å²) in [6, 6.07) is 9.90. The number of hydrogen-bond acceptors (Lipinski definition) is 12. The predicted octanol–water partition coefficient (Wildman–Crippen LogP) is 7.07. The number of benzene rings is 1. The lowest BCUT2D eigenvalue weighted by atomic mass is 9.93. The minimum Gasteiger partial charge on any atom is -0.462 e. The van der Waals surface area contributed by atoms with Crippen LogP contribution >= 0.6 is 15.9 Å². The molecule has 0 spiro atoms. The lowest BCUT2D eigenvalue weighted by Crippen LogP contribution is -2.65. The maximum absolute atomic E-state index is 13.6. The minimum atomic E-state index is -1.50. The van der Waals surface area contributed by atoms with Crippen molar-refractivity contribution >= 4 is 50.8 Å². The van der Waals surface area contributed by atoms with E-state index in [1.807, 2.05) is 30.3 Å². The van der Waals surface area contributed by atoms with Crippen LogP contribution in [0.3, 0.4) is 0 Å². The molecule has 296 valence electrons. The second-order valence-corrected chi connectivity index (χ2v) is 18.6. The number of nitrogens with one attached hydrogen (secondary N) is 1. The Kier molecular flexibility index (Phi) is 12.9. The molecule has 13 nitrogen and oxygen atoms in total. The molecule has 0 aliphatic carbocycles. The number of ether oxygens (including phenoxy) is 6. The van der Waals surface area contributed by atoms with Gasteiger partial charge in [-0.15, -0.1) is 5.10 Å². The molecule has 0 amide bonds. The Morgan fingerprint density at radius 2 is 1.22 bits per heavy atom. The molecule has 0 saturated carbocycles. The molecule has 14 heteroatoms. The summed E-state index contributed by atoms with van der Waals surface area (Å²) in [5, 5.41) is 7.90. The van der Waals surface area contributed by atoms with Gasteiger partial charge in [-0.25, -0.2) is 4.98 Å². The van der Waals surface area contributed by atoms with E-state index in [-0.39, 0.29) is 5.88 Å². The monoisotopic (exact) mass is 815 g/mol. The van der Waals surface area contributed by atoms with Crippen molar-refractivity contribution in [3.63, 3.8) is 0 Å². The molecule has 4 rings (SSSR count). The number of nitrogens with zero attached hydrogens (tertiary/aromatic N) is 2. The van der Waals surface area contributed by atoms with E-state index in [0.717, 1.165) is 15.6 Å². The van der Waals surface area contributed by atoms with Gasteiger partial charge in [-0.2, -0.15) is 0 Å². The van der Waals surface area contributed by atoms with Gasteiger partial charge in [-0.05, 0) is 125 Å². The summed E-state index contributed by atoms with van der Waals surface area (Å²) >= 11 is 3.48. The van der Waals surface area contributed by atoms with Crippen molar-refractivity contribution in [2.24, 2.45) is 21.7 Å². The Hall–Kier alpha value is -4.04. The molecular formula is C40H54BrN3O10. The van der Waals surface area contributed by atoms with Crippen molar-refractivity contribution < 1.29 is 47.6 Å². The number of rotatable bonds is 10. The molecule has 1 saturated heterocycles. The Morgan fingerprint density at radius 1 is 0.704 bits per heavy atom. The average molecular weight is 817 g/mol. The van der Waals surface area contributed by atoms with Crippen LogP contribution in [0.5, 0.6) is 5.88 Å². The number of H-pyrrole nitrogens is 1. The van der Waals surface area contributed by atoms with Crippen LogP contribution in [0, 0.1) is 21.7 Å². The summed E-state index contributed by atoms with van der Waals surface area (Å²) in [6.07, 6.45) is -4.10. The number of esters is 4. The molecule has 0 radical (unpaired) electrons. The zero-order valence-corrected chi connectivity index (χ0v) is 34.9. The van der Waals surface area contributed by atoms with Gasteiger partial charge in [-0.3, -0.25) is 24.3 Å². The number of hydrogen-bond donors (Lipinski definition) is 1. The van der Waals surface area contributed by atoms with Crippen LogP contribution in [-0.4, -0.2) is 76.4 Å². The Morgan fingerprint density at radius 3 is 1.76 bits per heavy atom. The molecule has 1 aliphatic rings. The van der Waals surface area contributed by atoms with Crippen molar-refractivity contribution in [1.29, 1.82) is 0 Å². The number of aromatic nitrogens is 3. The minimum absolute atomic E-state index is 0.0854. The number of carbonyl (C=O) groups is 4. The van der Waals surface area contributed by atoms with Crippen molar-refractivity contribution in [2.45, 2.75) is 127 Å². The lowest BCUT2D eigenvalue weighted by molar-refractivity contribution is -0.294. The molecule has 2 aromatic heterocycles. The Balaban J connectivity index is 1.84. The SMILES string of the molecule is CC(C)(C)C(=O)OC[C@H]1O[C@@H](Oc2n[nH]c3nccc(CCc4ccc(Br)cc4)c23)[C@H](OC(=O)C(C)(C)C)[C@@H](OC(=O)C(C)(C)C)[C@@H]1OC(=O)C(C)(C)C. The van der Waals surface area contributed by atoms with E-state index in [4.69, 9.17) is 28.4 Å². The highest BCUT2D eigenvalue weighted by Crippen LogP contribution is 2.36. The fraction of sp³-hybridized carbons (Fsp3) is 0.600. The van der Waals surface area contributed by atoms with Crippen LogP contribution in [0.1, 0.15) is 94.2 Å². The maximum atomic E-state index is 13.6. The summed E-state index contributed by atoms with van der Waals surface area (Å²) in [5.41, 5.74) is -1.47. The van der Waals surface area contributed by atoms with Crippen molar-refractivity contribution in [3.05, 3.63) is 52.1 Å². The van der Waals surface area contributed by atoms with Gasteiger partial charge < -0.3 is 28.4 Å². The number of carbonyl (C=O) groups excluding carboxylic acids is 4. The smallest absolute Gasteiger partial charge is 0.311 e. The Bertz CT molecular complexity index is 1810. The van der Waals surface area contributed by atoms with E-state index >= 15 is 0 Å². The zero-order chi connectivity index (χ0) is 40.4. The highest BCUT2D eigenvalue weighted by atomic mass is 79.9. The van der Waals surface area contributed by atoms with Crippen molar-refractivity contribution in [1.82, 2.24) is 15.2 Å². The molecule has 1 fully saturated rings. The molecule has 1 N–H and O–H groups in total. The van der Waals surface area contributed by atoms with E-state index in [1.165, 1.54) is 0 Å². The summed E-state index contributed by atoms with van der Waals surface area (Å²) < 4.78 is 37.9. The van der Waals surface area contributed by atoms with Crippen LogP contribution in [0.25, 0.3) is 11.0 Å². The lowest BCUT2D eigenvalue weighted by Gasteiger charge is -2.45. The second-order valence-electron chi connectivity index (χ2n) is 17.7. The van der Waals surface area contributed by atoms with Gasteiger partial charge in [0.1, 0.15) is 12.7 Å². The third-order valence-electron chi connectivity index (χ3n) is 8.49. The Labute approximate surface area is 325 Å². The van der Waals surface area contributed by atoms with Gasteiger partial charge in [0.05, 0.1) is 27.0 Å². The first kappa shape index (κ1) is 42.7. The third kappa shape index (κ3) is 10.8. The first-order valence-electron chi connectivity index (χ1n) is 18.1. The average Bonchev–Trinajstić information content (AvgIpc) is 3.47. The summed E-state index contributed by atoms with van der Waals surface area (Å²) in [6.45, 7) is 19.7. The van der Waals surface area contributed by atoms with E-state index in [9.17, 15) is 19.2 Å². The fourth-order valence-corrected chi connectivity index (χ4v) is 5.37. The van der Waals surface area contributed by atoms with Crippen molar-refractivity contribution in [2.75, 3.05) is 6.61 Å². The molecule has 3 aromatic rings. The topological polar surface area (TPSA) is 165 Å². The van der Waals surface area contributed by atoms with Crippen LogP contribution in [-0.2, 0) is 55.7 Å². The van der Waals surface area contributed by atoms with Gasteiger partial charge in [0.2, 0.25) is 18.3 Å². The van der Waals surface area contributed by atoms with E-state index in [2.05, 4.69) is 31.1 Å². The molecular weight excluding hydrogens is 762 g/mol. The molecule has 0 bridgehead atoms. The van der Waals surface area contributed by atoms with Crippen LogP contribution < -0.4 is 4.74 Å². The normalized spacial score (nSPS) is 20.9. The first-order valence-corrected chi connectivity index (χ1v) is 18.8. The van der Waals surface area contributed by atoms with Gasteiger partial charge >= 0.3 is 23.9 Å². The molecule has 1 aromatic carbocycles. The van der Waals surface area contributed by atoms with E-state index in [0.29, 0.717) is 23.9 Å². The van der Waals surface area contributed by atoms with Gasteiger partial charge in [0.25, 0.3) is 0 Å². The molecule has 5 atom stereocenters. The third-order valence-corrected chi connectivity index (χ3v) is 9.02. The molecule has 1 aliphatic heterocycles. The van der Waals surface area contributed by atoms with Crippen LogP contribution in [0.15, 0.2) is 41.0 Å². The number of pyridine rings is 1. The predicted molar refractivity (Wildman–Crippen MR) is 203 cm³/mol. The van der Waals surface area contributed by atoms with Gasteiger partial charge in [-0.1, -0.05) is 28.1 Å². The van der Waals surface area contributed by atoms with Gasteiger partial charge in [0, 0.05) is 10.7 Å². The first-order chi connectivity index (χ1) is 24.9. The van der Waals surface area contributed by atoms with Gasteiger partial charge in [0.15, 0.2) is 17.9 Å². The van der Waals surface area contributed by atoms with Crippen molar-refractivity contribution in [3.8, 4) is 5.88 Å². The quantitative estimate of drug-likeness (QED) is 0.164. The molecule has 54 heavy (non-hydrogen) atoms. The van der Waals surface area contributed by atoms with Crippen LogP contribution in [0.4, 0.5) is 0 Å². The highest BCUT2D eigenvalue weighted by molar-refractivity contribution is 9.10. The standard InChI is InChI=1S/C40H54BrN3O10/c1-37(2,3)33(45)49-21-25-27(51-34(46)38(4,5)6)28(52-35(47)39(7,8)9)29(53-36(48)40(10,11)12)32(50-25)54-31-26-23(19-20-42-30(26)43-44-31)16-13-22-14-17-24(41)18-15-22/h14-15,17-20,25,27-29,32H,13,16,21H2,1-12H3,(H,42,43,44)/t25-,27-,28+,29-,32+/m1/s1. The number of fused-ring (bicyclic) bond motifs is 1. The summed E-state index contributed by atoms with van der Waals surface area (Å²) in [7, 11) is 0. The van der Waals surface area contributed by atoms with Crippen LogP contribution in [0.2, 0.25) is 0 Å². The highest BCUT2D eigenvalue weighted by Gasteiger charge is 2.56. The number of aromatic amines is 1. The zero-order valence-electron chi connectivity index (χ0n) is 33.3. The maximum Gasteiger partial charge on any atom is 0.311 e. The van der Waals surface area contributed by atoms with E-state index in [1.54, 1.807) is 89.3 Å². The van der Waals surface area contributed by atoms with E-state index < -0.39 is 82.8 Å². The fourth-order valence-electron chi connectivity index (χ4n) is 5.10. The molecule has 0 unspecified atom stereocenters. The summed E-state index contributed by atoms with van der Waals surface area (Å²) in [4.78, 5) is 58.2. The second kappa shape index (κ2) is 16.4. The summed E-state index contributed by atoms with van der Waals surface area (Å²) in [5.74, 6) is -2.45.